The molecule has 7 nitrogen and oxygen atoms in total. The molecular weight excluding hydrogens is 330 g/mol. The highest BCUT2D eigenvalue weighted by Crippen LogP contribution is 2.33. The van der Waals surface area contributed by atoms with E-state index in [1.54, 1.807) is 6.20 Å². The van der Waals surface area contributed by atoms with Crippen molar-refractivity contribution in [1.29, 1.82) is 0 Å². The molecule has 142 valence electrons. The normalized spacial score (nSPS) is 27.5. The zero-order chi connectivity index (χ0) is 18.1. The number of hydrogen-bond acceptors (Lipinski definition) is 4. The van der Waals surface area contributed by atoms with Crippen molar-refractivity contribution in [3.05, 3.63) is 17.7 Å². The second-order valence-electron chi connectivity index (χ2n) is 8.06. The lowest BCUT2D eigenvalue weighted by atomic mass is 9.82. The maximum absolute atomic E-state index is 12.7. The largest absolute Gasteiger partial charge is 0.339 e. The summed E-state index contributed by atoms with van der Waals surface area (Å²) >= 11 is 0. The van der Waals surface area contributed by atoms with Gasteiger partial charge in [0.2, 0.25) is 5.91 Å². The van der Waals surface area contributed by atoms with Gasteiger partial charge in [-0.15, -0.1) is 0 Å². The van der Waals surface area contributed by atoms with Crippen molar-refractivity contribution in [3.8, 4) is 0 Å². The Bertz CT molecular complexity index is 667. The Morgan fingerprint density at radius 1 is 1.27 bits per heavy atom. The average molecular weight is 359 g/mol. The van der Waals surface area contributed by atoms with Gasteiger partial charge in [-0.05, 0) is 57.5 Å². The van der Waals surface area contributed by atoms with Crippen molar-refractivity contribution in [3.63, 3.8) is 0 Å². The van der Waals surface area contributed by atoms with Crippen LogP contribution in [-0.2, 0) is 4.79 Å². The van der Waals surface area contributed by atoms with Crippen LogP contribution < -0.4 is 5.32 Å². The lowest BCUT2D eigenvalue weighted by molar-refractivity contribution is -0.141. The first-order chi connectivity index (χ1) is 12.6. The predicted molar refractivity (Wildman–Crippen MR) is 97.7 cm³/mol. The molecule has 3 aliphatic heterocycles. The number of carbonyl (C=O) groups excluding carboxylic acids is 2. The van der Waals surface area contributed by atoms with Crippen LogP contribution in [0.2, 0.25) is 0 Å². The maximum Gasteiger partial charge on any atom is 0.289 e. The number of nitrogens with zero attached hydrogens (tertiary/aromatic N) is 3. The smallest absolute Gasteiger partial charge is 0.289 e. The van der Waals surface area contributed by atoms with Gasteiger partial charge in [-0.2, -0.15) is 0 Å². The van der Waals surface area contributed by atoms with Crippen LogP contribution in [-0.4, -0.2) is 70.3 Å². The average Bonchev–Trinajstić information content (AvgIpc) is 3.10. The molecule has 0 spiro atoms. The Labute approximate surface area is 154 Å². The highest BCUT2D eigenvalue weighted by Gasteiger charge is 2.41. The standard InChI is InChI=1S/C19H29N5O2/c1-13-10-21-18(22-13)19(26)23-9-6-16-15(12-23)2-3-17(25)24(16)11-14-4-7-20-8-5-14/h10,14-16,20H,2-9,11-12H2,1H3,(H,21,22)/t15-,16+/m0/s1. The van der Waals surface area contributed by atoms with E-state index in [9.17, 15) is 9.59 Å². The number of fused-ring (bicyclic) bond motifs is 1. The zero-order valence-corrected chi connectivity index (χ0v) is 15.5. The summed E-state index contributed by atoms with van der Waals surface area (Å²) in [5, 5.41) is 3.40. The number of H-pyrrole nitrogens is 1. The molecule has 0 bridgehead atoms. The molecule has 26 heavy (non-hydrogen) atoms. The first kappa shape index (κ1) is 17.5. The van der Waals surface area contributed by atoms with E-state index in [-0.39, 0.29) is 5.91 Å². The molecule has 1 aromatic heterocycles. The number of aromatic nitrogens is 2. The van der Waals surface area contributed by atoms with Crippen LogP contribution in [0.15, 0.2) is 6.20 Å². The fourth-order valence-electron chi connectivity index (χ4n) is 4.79. The zero-order valence-electron chi connectivity index (χ0n) is 15.5. The molecule has 0 unspecified atom stereocenters. The van der Waals surface area contributed by atoms with Crippen molar-refractivity contribution in [2.24, 2.45) is 11.8 Å². The summed E-state index contributed by atoms with van der Waals surface area (Å²) in [5.74, 6) is 1.73. The van der Waals surface area contributed by atoms with E-state index < -0.39 is 0 Å². The van der Waals surface area contributed by atoms with Crippen LogP contribution in [0.4, 0.5) is 0 Å². The third kappa shape index (κ3) is 3.49. The third-order valence-corrected chi connectivity index (χ3v) is 6.25. The fraction of sp³-hybridized carbons (Fsp3) is 0.737. The van der Waals surface area contributed by atoms with Gasteiger partial charge in [-0.1, -0.05) is 0 Å². The van der Waals surface area contributed by atoms with Gasteiger partial charge in [0.05, 0.1) is 0 Å². The van der Waals surface area contributed by atoms with Crippen molar-refractivity contribution in [1.82, 2.24) is 25.1 Å². The van der Waals surface area contributed by atoms with Crippen molar-refractivity contribution in [2.75, 3.05) is 32.7 Å². The number of hydrogen-bond donors (Lipinski definition) is 2. The number of amides is 2. The Kier molecular flexibility index (Phi) is 4.98. The highest BCUT2D eigenvalue weighted by atomic mass is 16.2. The lowest BCUT2D eigenvalue weighted by Gasteiger charge is -2.48. The Morgan fingerprint density at radius 2 is 2.08 bits per heavy atom. The van der Waals surface area contributed by atoms with Crippen molar-refractivity contribution >= 4 is 11.8 Å². The molecule has 3 aliphatic rings. The van der Waals surface area contributed by atoms with Gasteiger partial charge >= 0.3 is 0 Å². The molecule has 0 aromatic carbocycles. The lowest BCUT2D eigenvalue weighted by Crippen LogP contribution is -2.58. The number of nitrogens with one attached hydrogen (secondary N) is 2. The minimum atomic E-state index is -0.0154. The molecule has 3 saturated heterocycles. The van der Waals surface area contributed by atoms with Gasteiger partial charge in [-0.3, -0.25) is 9.59 Å². The number of aryl methyl sites for hydroxylation is 1. The molecule has 0 saturated carbocycles. The van der Waals surface area contributed by atoms with Gasteiger partial charge in [0.25, 0.3) is 5.91 Å². The second kappa shape index (κ2) is 7.39. The van der Waals surface area contributed by atoms with E-state index in [1.165, 1.54) is 0 Å². The van der Waals surface area contributed by atoms with Crippen LogP contribution in [0, 0.1) is 18.8 Å². The van der Waals surface area contributed by atoms with Crippen LogP contribution in [0.5, 0.6) is 0 Å². The third-order valence-electron chi connectivity index (χ3n) is 6.25. The van der Waals surface area contributed by atoms with Crippen molar-refractivity contribution in [2.45, 2.75) is 45.1 Å². The molecule has 2 amide bonds. The minimum Gasteiger partial charge on any atom is -0.339 e. The monoisotopic (exact) mass is 359 g/mol. The van der Waals surface area contributed by atoms with E-state index in [4.69, 9.17) is 0 Å². The maximum atomic E-state index is 12.7. The van der Waals surface area contributed by atoms with Crippen LogP contribution >= 0.6 is 0 Å². The summed E-state index contributed by atoms with van der Waals surface area (Å²) in [6.07, 6.45) is 6.40. The minimum absolute atomic E-state index is 0.0154. The Hall–Kier alpha value is -1.89. The molecule has 7 heteroatoms. The molecule has 4 heterocycles. The molecule has 3 fully saturated rings. The summed E-state index contributed by atoms with van der Waals surface area (Å²) in [6.45, 7) is 6.36. The summed E-state index contributed by atoms with van der Waals surface area (Å²) < 4.78 is 0. The van der Waals surface area contributed by atoms with E-state index >= 15 is 0 Å². The van der Waals surface area contributed by atoms with Gasteiger partial charge in [0.15, 0.2) is 5.82 Å². The summed E-state index contributed by atoms with van der Waals surface area (Å²) in [6, 6.07) is 0.300. The van der Waals surface area contributed by atoms with Gasteiger partial charge < -0.3 is 20.1 Å². The molecule has 2 N–H and O–H groups in total. The number of piperidine rings is 3. The number of likely N-dealkylation sites (tertiary alicyclic amines) is 2. The Balaban J connectivity index is 1.41. The molecule has 0 aliphatic carbocycles. The number of carbonyl (C=O) groups is 2. The van der Waals surface area contributed by atoms with Gasteiger partial charge in [0, 0.05) is 44.0 Å². The van der Waals surface area contributed by atoms with E-state index in [0.29, 0.717) is 42.6 Å². The summed E-state index contributed by atoms with van der Waals surface area (Å²) in [5.41, 5.74) is 0.902. The molecule has 4 rings (SSSR count). The van der Waals surface area contributed by atoms with Crippen LogP contribution in [0.25, 0.3) is 0 Å². The first-order valence-electron chi connectivity index (χ1n) is 9.93. The number of aromatic amines is 1. The fourth-order valence-corrected chi connectivity index (χ4v) is 4.79. The summed E-state index contributed by atoms with van der Waals surface area (Å²) in [4.78, 5) is 36.6. The molecular formula is C19H29N5O2. The van der Waals surface area contributed by atoms with Crippen LogP contribution in [0.1, 0.15) is 48.4 Å². The highest BCUT2D eigenvalue weighted by molar-refractivity contribution is 5.90. The van der Waals surface area contributed by atoms with E-state index in [2.05, 4.69) is 20.2 Å². The van der Waals surface area contributed by atoms with E-state index in [0.717, 1.165) is 57.6 Å². The molecule has 1 aromatic rings. The van der Waals surface area contributed by atoms with Gasteiger partial charge in [0.1, 0.15) is 0 Å². The summed E-state index contributed by atoms with van der Waals surface area (Å²) in [7, 11) is 0. The quantitative estimate of drug-likeness (QED) is 0.849. The predicted octanol–water partition coefficient (Wildman–Crippen LogP) is 1.17. The number of rotatable bonds is 3. The SMILES string of the molecule is Cc1cnc(C(=O)N2CC[C@@H]3[C@@H](CCC(=O)N3CC3CCNCC3)C2)[nH]1. The second-order valence-corrected chi connectivity index (χ2v) is 8.06. The Morgan fingerprint density at radius 3 is 2.81 bits per heavy atom. The van der Waals surface area contributed by atoms with Crippen LogP contribution in [0.3, 0.4) is 0 Å². The molecule has 0 radical (unpaired) electrons. The topological polar surface area (TPSA) is 81.3 Å². The van der Waals surface area contributed by atoms with Crippen molar-refractivity contribution < 1.29 is 9.59 Å². The number of imidazole rings is 1. The first-order valence-corrected chi connectivity index (χ1v) is 9.93. The molecule has 2 atom stereocenters. The van der Waals surface area contributed by atoms with Gasteiger partial charge in [-0.25, -0.2) is 4.98 Å². The van der Waals surface area contributed by atoms with E-state index in [1.807, 2.05) is 11.8 Å².